The summed E-state index contributed by atoms with van der Waals surface area (Å²) in [6.07, 6.45) is 2.89. The molecule has 0 aromatic rings. The van der Waals surface area contributed by atoms with E-state index in [4.69, 9.17) is 0 Å². The normalized spacial score (nSPS) is 8.00. The predicted octanol–water partition coefficient (Wildman–Crippen LogP) is 1.48. The van der Waals surface area contributed by atoms with Crippen molar-refractivity contribution in [2.24, 2.45) is 0 Å². The molecule has 0 bridgehead atoms. The van der Waals surface area contributed by atoms with Crippen molar-refractivity contribution in [1.82, 2.24) is 0 Å². The molecule has 0 saturated carbocycles. The molecule has 0 fully saturated rings. The first kappa shape index (κ1) is 5.94. The van der Waals surface area contributed by atoms with Crippen LogP contribution in [0.2, 0.25) is 3.93 Å². The van der Waals surface area contributed by atoms with Crippen molar-refractivity contribution in [2.45, 2.75) is 23.7 Å². The molecule has 0 rings (SSSR count). The van der Waals surface area contributed by atoms with Crippen molar-refractivity contribution in [2.75, 3.05) is 0 Å². The third-order valence-corrected chi connectivity index (χ3v) is 3.46. The molecule has 0 amide bonds. The number of unbranched alkanes of at least 4 members (excludes halogenated alkanes) is 1. The van der Waals surface area contributed by atoms with Crippen LogP contribution < -0.4 is 0 Å². The summed E-state index contributed by atoms with van der Waals surface area (Å²) in [5.74, 6) is 0. The van der Waals surface area contributed by atoms with Gasteiger partial charge >= 0.3 is 49.8 Å². The van der Waals surface area contributed by atoms with Crippen LogP contribution in [0.15, 0.2) is 0 Å². The van der Waals surface area contributed by atoms with E-state index in [0.717, 1.165) is 26.1 Å². The second kappa shape index (κ2) is 4.94. The third-order valence-electron chi connectivity index (χ3n) is 0.707. The first-order chi connectivity index (χ1) is 2.41. The van der Waals surface area contributed by atoms with Crippen LogP contribution in [0, 0.1) is 0 Å². The summed E-state index contributed by atoms with van der Waals surface area (Å²) in [5, 5.41) is 0. The molecule has 0 heterocycles. The van der Waals surface area contributed by atoms with Gasteiger partial charge in [0.2, 0.25) is 0 Å². The van der Waals surface area contributed by atoms with E-state index in [9.17, 15) is 0 Å². The fraction of sp³-hybridized carbons (Fsp3) is 1.00. The van der Waals surface area contributed by atoms with Crippen LogP contribution in [-0.4, -0.2) is 0 Å². The molecule has 0 aliphatic rings. The first-order valence-corrected chi connectivity index (χ1v) is 7.91. The molecular formula is C4H10Hg. The number of rotatable bonds is 2. The molecule has 0 aliphatic heterocycles. The Balaban J connectivity index is 2.19. The van der Waals surface area contributed by atoms with E-state index < -0.39 is 0 Å². The van der Waals surface area contributed by atoms with Gasteiger partial charge < -0.3 is 0 Å². The molecule has 0 nitrogen and oxygen atoms in total. The molecule has 0 spiro atoms. The van der Waals surface area contributed by atoms with Crippen LogP contribution >= 0.6 is 0 Å². The fourth-order valence-electron chi connectivity index (χ4n) is 0.354. The maximum atomic E-state index is 2.25. The molecule has 0 aliphatic carbocycles. The van der Waals surface area contributed by atoms with Gasteiger partial charge in [0, 0.05) is 0 Å². The SMILES string of the molecule is CCC[CH2][HgH]. The zero-order chi connectivity index (χ0) is 4.12. The van der Waals surface area contributed by atoms with Gasteiger partial charge in [0.1, 0.15) is 0 Å². The van der Waals surface area contributed by atoms with E-state index in [0.29, 0.717) is 0 Å². The summed E-state index contributed by atoms with van der Waals surface area (Å²) in [6.45, 7) is 2.25. The minimum absolute atomic E-state index is 0.911. The number of hydrogen-bond donors (Lipinski definition) is 0. The topological polar surface area (TPSA) is 0 Å². The molecule has 0 atom stereocenters. The first-order valence-electron chi connectivity index (χ1n) is 2.41. The van der Waals surface area contributed by atoms with E-state index in [1.807, 2.05) is 0 Å². The Morgan fingerprint density at radius 1 is 1.60 bits per heavy atom. The van der Waals surface area contributed by atoms with Crippen LogP contribution in [0.25, 0.3) is 0 Å². The minimum atomic E-state index is 0.911. The zero-order valence-electron chi connectivity index (χ0n) is 4.12. The van der Waals surface area contributed by atoms with Gasteiger partial charge in [-0.2, -0.15) is 0 Å². The summed E-state index contributed by atoms with van der Waals surface area (Å²) in [5.41, 5.74) is 0. The molecule has 28 valence electrons. The van der Waals surface area contributed by atoms with Gasteiger partial charge in [-0.1, -0.05) is 0 Å². The van der Waals surface area contributed by atoms with Crippen LogP contribution in [0.4, 0.5) is 0 Å². The standard InChI is InChI=1S/C4H9.Hg.H/c1-3-4-2;;/h1,3-4H2,2H3;;. The molecule has 0 aromatic carbocycles. The van der Waals surface area contributed by atoms with Gasteiger partial charge in [-0.25, -0.2) is 0 Å². The van der Waals surface area contributed by atoms with Crippen LogP contribution in [0.1, 0.15) is 19.8 Å². The second-order valence-electron chi connectivity index (χ2n) is 1.35. The molecule has 5 heavy (non-hydrogen) atoms. The Kier molecular flexibility index (Phi) is 5.86. The summed E-state index contributed by atoms with van der Waals surface area (Å²) < 4.78 is 1.57. The zero-order valence-corrected chi connectivity index (χ0v) is 11.9. The van der Waals surface area contributed by atoms with Gasteiger partial charge in [0.15, 0.2) is 0 Å². The molecule has 0 aromatic heterocycles. The summed E-state index contributed by atoms with van der Waals surface area (Å²) in [6, 6.07) is 0. The molecule has 0 N–H and O–H groups in total. The van der Waals surface area contributed by atoms with Crippen LogP contribution in [0.3, 0.4) is 0 Å². The fourth-order valence-corrected chi connectivity index (χ4v) is 3.10. The van der Waals surface area contributed by atoms with E-state index >= 15 is 0 Å². The van der Waals surface area contributed by atoms with Crippen molar-refractivity contribution >= 4 is 0 Å². The van der Waals surface area contributed by atoms with Gasteiger partial charge in [-0.05, 0) is 0 Å². The molecule has 0 saturated heterocycles. The Morgan fingerprint density at radius 2 is 2.20 bits per heavy atom. The van der Waals surface area contributed by atoms with Gasteiger partial charge in [-0.3, -0.25) is 0 Å². The summed E-state index contributed by atoms with van der Waals surface area (Å²) >= 11 is 0.911. The molecule has 0 unspecified atom stereocenters. The summed E-state index contributed by atoms with van der Waals surface area (Å²) in [4.78, 5) is 0. The van der Waals surface area contributed by atoms with Gasteiger partial charge in [0.25, 0.3) is 0 Å². The van der Waals surface area contributed by atoms with Crippen molar-refractivity contribution in [3.63, 3.8) is 0 Å². The maximum absolute atomic E-state index is 2.25. The van der Waals surface area contributed by atoms with E-state index in [1.54, 1.807) is 3.93 Å². The van der Waals surface area contributed by atoms with E-state index in [1.165, 1.54) is 12.8 Å². The summed E-state index contributed by atoms with van der Waals surface area (Å²) in [7, 11) is 0. The Morgan fingerprint density at radius 3 is 2.20 bits per heavy atom. The van der Waals surface area contributed by atoms with Crippen molar-refractivity contribution in [3.05, 3.63) is 0 Å². The molecular weight excluding hydrogens is 249 g/mol. The molecule has 1 heteroatoms. The quantitative estimate of drug-likeness (QED) is 0.659. The average molecular weight is 259 g/mol. The Bertz CT molecular complexity index is 11.1. The van der Waals surface area contributed by atoms with Gasteiger partial charge in [0.05, 0.1) is 0 Å². The van der Waals surface area contributed by atoms with Crippen LogP contribution in [0.5, 0.6) is 0 Å². The van der Waals surface area contributed by atoms with Crippen molar-refractivity contribution < 1.29 is 26.1 Å². The monoisotopic (exact) mass is 260 g/mol. The van der Waals surface area contributed by atoms with Crippen LogP contribution in [-0.2, 0) is 26.1 Å². The van der Waals surface area contributed by atoms with E-state index in [-0.39, 0.29) is 0 Å². The predicted molar refractivity (Wildman–Crippen MR) is 21.1 cm³/mol. The van der Waals surface area contributed by atoms with E-state index in [2.05, 4.69) is 6.92 Å². The third kappa shape index (κ3) is 4.94. The average Bonchev–Trinajstić information content (AvgIpc) is 1.41. The van der Waals surface area contributed by atoms with Crippen molar-refractivity contribution in [3.8, 4) is 0 Å². The molecule has 0 radical (unpaired) electrons. The Hall–Kier alpha value is 0.935. The van der Waals surface area contributed by atoms with Gasteiger partial charge in [-0.15, -0.1) is 0 Å². The Labute approximate surface area is 49.9 Å². The number of hydrogen-bond acceptors (Lipinski definition) is 0. The van der Waals surface area contributed by atoms with Crippen molar-refractivity contribution in [1.29, 1.82) is 0 Å². The second-order valence-corrected chi connectivity index (χ2v) is 5.24.